The first-order valence-corrected chi connectivity index (χ1v) is 8.10. The predicted octanol–water partition coefficient (Wildman–Crippen LogP) is 2.24. The van der Waals surface area contributed by atoms with Crippen LogP contribution in [0.15, 0.2) is 12.7 Å². The van der Waals surface area contributed by atoms with Gasteiger partial charge in [-0.1, -0.05) is 6.08 Å². The molecule has 0 aromatic rings. The van der Waals surface area contributed by atoms with Crippen molar-refractivity contribution in [3.8, 4) is 0 Å². The molecule has 0 aromatic heterocycles. The molecule has 0 aromatic carbocycles. The number of carboxylic acids is 1. The van der Waals surface area contributed by atoms with E-state index < -0.39 is 12.0 Å². The molecule has 5 nitrogen and oxygen atoms in total. The van der Waals surface area contributed by atoms with Crippen LogP contribution in [0.4, 0.5) is 4.79 Å². The number of carboxylic acid groups (broad SMARTS) is 1. The summed E-state index contributed by atoms with van der Waals surface area (Å²) in [5.74, 6) is 0.0892. The lowest BCUT2D eigenvalue weighted by Crippen LogP contribution is -2.51. The summed E-state index contributed by atoms with van der Waals surface area (Å²) in [6, 6.07) is -0.830. The largest absolute Gasteiger partial charge is 0.480 e. The van der Waals surface area contributed by atoms with Crippen molar-refractivity contribution in [2.75, 3.05) is 19.3 Å². The molecule has 0 radical (unpaired) electrons. The first-order chi connectivity index (χ1) is 9.56. The summed E-state index contributed by atoms with van der Waals surface area (Å²) in [6.45, 7) is 4.30. The van der Waals surface area contributed by atoms with Crippen LogP contribution in [-0.4, -0.2) is 57.7 Å². The standard InChI is InChI=1S/C14H22N2O3S/c1-3-4-5-8-15(2)14(19)16-11(13(17)18)9-20-12(16)10-6-7-10/h3,10-12H,1,4-9H2,2H3,(H,17,18). The average molecular weight is 298 g/mol. The van der Waals surface area contributed by atoms with E-state index in [0.717, 1.165) is 25.7 Å². The second kappa shape index (κ2) is 6.52. The highest BCUT2D eigenvalue weighted by Gasteiger charge is 2.48. The molecule has 0 spiro atoms. The summed E-state index contributed by atoms with van der Waals surface area (Å²) >= 11 is 1.61. The molecule has 1 N–H and O–H groups in total. The molecule has 2 fully saturated rings. The van der Waals surface area contributed by atoms with E-state index in [1.54, 1.807) is 28.6 Å². The van der Waals surface area contributed by atoms with Gasteiger partial charge in [-0.25, -0.2) is 9.59 Å². The zero-order valence-electron chi connectivity index (χ0n) is 11.8. The number of allylic oxidation sites excluding steroid dienone is 1. The molecule has 1 saturated carbocycles. The first kappa shape index (κ1) is 15.2. The van der Waals surface area contributed by atoms with E-state index in [1.807, 2.05) is 6.08 Å². The van der Waals surface area contributed by atoms with Gasteiger partial charge in [0.15, 0.2) is 0 Å². The molecule has 1 heterocycles. The molecule has 0 bridgehead atoms. The summed E-state index contributed by atoms with van der Waals surface area (Å²) in [7, 11) is 1.75. The fourth-order valence-electron chi connectivity index (χ4n) is 2.47. The van der Waals surface area contributed by atoms with Crippen molar-refractivity contribution in [2.45, 2.75) is 37.1 Å². The summed E-state index contributed by atoms with van der Waals surface area (Å²) in [6.07, 6.45) is 5.76. The normalized spacial score (nSPS) is 25.6. The second-order valence-electron chi connectivity index (χ2n) is 5.46. The molecule has 2 unspecified atom stereocenters. The van der Waals surface area contributed by atoms with E-state index in [-0.39, 0.29) is 11.4 Å². The summed E-state index contributed by atoms with van der Waals surface area (Å²) < 4.78 is 0. The van der Waals surface area contributed by atoms with Gasteiger partial charge in [-0.15, -0.1) is 18.3 Å². The first-order valence-electron chi connectivity index (χ1n) is 7.05. The highest BCUT2D eigenvalue weighted by molar-refractivity contribution is 8.00. The van der Waals surface area contributed by atoms with Gasteiger partial charge in [-0.05, 0) is 31.6 Å². The number of rotatable bonds is 6. The Labute approximate surface area is 124 Å². The van der Waals surface area contributed by atoms with Gasteiger partial charge in [0.05, 0.1) is 5.37 Å². The number of carbonyl (C=O) groups excluding carboxylic acids is 1. The van der Waals surface area contributed by atoms with Crippen LogP contribution in [0.5, 0.6) is 0 Å². The van der Waals surface area contributed by atoms with Crippen LogP contribution in [0.1, 0.15) is 25.7 Å². The van der Waals surface area contributed by atoms with E-state index >= 15 is 0 Å². The van der Waals surface area contributed by atoms with Crippen LogP contribution in [0.25, 0.3) is 0 Å². The minimum atomic E-state index is -0.895. The maximum absolute atomic E-state index is 12.5. The van der Waals surface area contributed by atoms with Crippen molar-refractivity contribution in [2.24, 2.45) is 5.92 Å². The van der Waals surface area contributed by atoms with Crippen LogP contribution in [0, 0.1) is 5.92 Å². The second-order valence-corrected chi connectivity index (χ2v) is 6.61. The number of amides is 2. The van der Waals surface area contributed by atoms with Crippen LogP contribution in [-0.2, 0) is 4.79 Å². The monoisotopic (exact) mass is 298 g/mol. The Bertz CT molecular complexity index is 398. The fraction of sp³-hybridized carbons (Fsp3) is 0.714. The van der Waals surface area contributed by atoms with Gasteiger partial charge in [-0.2, -0.15) is 0 Å². The molecular weight excluding hydrogens is 276 g/mol. The number of aliphatic carboxylic acids is 1. The Kier molecular flexibility index (Phi) is 4.96. The number of thioether (sulfide) groups is 1. The molecule has 112 valence electrons. The van der Waals surface area contributed by atoms with Crippen LogP contribution in [0.3, 0.4) is 0 Å². The summed E-state index contributed by atoms with van der Waals surface area (Å²) in [4.78, 5) is 27.1. The molecule has 1 aliphatic carbocycles. The molecule has 6 heteroatoms. The SMILES string of the molecule is C=CCCCN(C)C(=O)N1C(C(=O)O)CSC1C1CC1. The number of hydrogen-bond donors (Lipinski definition) is 1. The third-order valence-electron chi connectivity index (χ3n) is 3.79. The molecular formula is C14H22N2O3S. The van der Waals surface area contributed by atoms with E-state index in [1.165, 1.54) is 0 Å². The predicted molar refractivity (Wildman–Crippen MR) is 79.7 cm³/mol. The number of carbonyl (C=O) groups is 2. The Morgan fingerprint density at radius 2 is 2.20 bits per heavy atom. The van der Waals surface area contributed by atoms with Crippen molar-refractivity contribution in [3.05, 3.63) is 12.7 Å². The molecule has 2 rings (SSSR count). The lowest BCUT2D eigenvalue weighted by atomic mass is 10.2. The maximum atomic E-state index is 12.5. The quantitative estimate of drug-likeness (QED) is 0.603. The molecule has 1 aliphatic heterocycles. The lowest BCUT2D eigenvalue weighted by molar-refractivity contribution is -0.141. The Hall–Kier alpha value is -1.17. The average Bonchev–Trinajstić information content (AvgIpc) is 3.16. The van der Waals surface area contributed by atoms with Gasteiger partial charge >= 0.3 is 12.0 Å². The zero-order chi connectivity index (χ0) is 14.7. The van der Waals surface area contributed by atoms with Gasteiger partial charge in [0, 0.05) is 19.3 Å². The fourth-order valence-corrected chi connectivity index (χ4v) is 4.09. The topological polar surface area (TPSA) is 60.9 Å². The van der Waals surface area contributed by atoms with Crippen molar-refractivity contribution < 1.29 is 14.7 Å². The molecule has 2 aliphatic rings. The smallest absolute Gasteiger partial charge is 0.327 e. The van der Waals surface area contributed by atoms with Crippen molar-refractivity contribution in [3.63, 3.8) is 0 Å². The van der Waals surface area contributed by atoms with Gasteiger partial charge in [0.2, 0.25) is 0 Å². The highest BCUT2D eigenvalue weighted by Crippen LogP contribution is 2.45. The number of urea groups is 1. The van der Waals surface area contributed by atoms with Gasteiger partial charge in [0.1, 0.15) is 6.04 Å². The zero-order valence-corrected chi connectivity index (χ0v) is 12.6. The summed E-state index contributed by atoms with van der Waals surface area (Å²) in [5.41, 5.74) is 0. The van der Waals surface area contributed by atoms with Crippen molar-refractivity contribution in [1.29, 1.82) is 0 Å². The third-order valence-corrected chi connectivity index (χ3v) is 5.26. The minimum Gasteiger partial charge on any atom is -0.480 e. The van der Waals surface area contributed by atoms with E-state index in [9.17, 15) is 14.7 Å². The number of nitrogens with zero attached hydrogens (tertiary/aromatic N) is 2. The number of unbranched alkanes of at least 4 members (excludes halogenated alkanes) is 1. The van der Waals surface area contributed by atoms with Crippen LogP contribution >= 0.6 is 11.8 Å². The Morgan fingerprint density at radius 3 is 2.75 bits per heavy atom. The van der Waals surface area contributed by atoms with E-state index in [0.29, 0.717) is 18.2 Å². The molecule has 2 amide bonds. The molecule has 2 atom stereocenters. The lowest BCUT2D eigenvalue weighted by Gasteiger charge is -2.31. The van der Waals surface area contributed by atoms with E-state index in [4.69, 9.17) is 0 Å². The van der Waals surface area contributed by atoms with E-state index in [2.05, 4.69) is 6.58 Å². The highest BCUT2D eigenvalue weighted by atomic mass is 32.2. The maximum Gasteiger partial charge on any atom is 0.327 e. The van der Waals surface area contributed by atoms with Crippen LogP contribution < -0.4 is 0 Å². The Balaban J connectivity index is 2.02. The van der Waals surface area contributed by atoms with Gasteiger partial charge in [0.25, 0.3) is 0 Å². The summed E-state index contributed by atoms with van der Waals surface area (Å²) in [5, 5.41) is 9.36. The molecule has 1 saturated heterocycles. The van der Waals surface area contributed by atoms with Gasteiger partial charge in [-0.3, -0.25) is 4.90 Å². The third kappa shape index (κ3) is 3.29. The van der Waals surface area contributed by atoms with Crippen molar-refractivity contribution >= 4 is 23.8 Å². The molecule has 20 heavy (non-hydrogen) atoms. The van der Waals surface area contributed by atoms with Gasteiger partial charge < -0.3 is 10.0 Å². The number of hydrogen-bond acceptors (Lipinski definition) is 3. The van der Waals surface area contributed by atoms with Crippen LogP contribution in [0.2, 0.25) is 0 Å². The van der Waals surface area contributed by atoms with Crippen molar-refractivity contribution in [1.82, 2.24) is 9.80 Å². The minimum absolute atomic E-state index is 0.0467. The Morgan fingerprint density at radius 1 is 1.50 bits per heavy atom.